The van der Waals surface area contributed by atoms with Crippen LogP contribution in [0.4, 0.5) is 5.82 Å². The van der Waals surface area contributed by atoms with Crippen molar-refractivity contribution in [2.45, 2.75) is 32.7 Å². The lowest BCUT2D eigenvalue weighted by Gasteiger charge is -2.27. The number of hydrogen-bond donors (Lipinski definition) is 1. The predicted octanol–water partition coefficient (Wildman–Crippen LogP) is 2.38. The number of carbonyl (C=O) groups is 1. The minimum atomic E-state index is 0.130. The SMILES string of the molecule is CNc1cc(C(=O)N2CCCC2C(C)C)ccn1. The largest absolute Gasteiger partial charge is 0.373 e. The zero-order chi connectivity index (χ0) is 13.1. The summed E-state index contributed by atoms with van der Waals surface area (Å²) in [6, 6.07) is 3.99. The first-order valence-electron chi connectivity index (χ1n) is 6.58. The number of rotatable bonds is 3. The molecule has 0 aromatic carbocycles. The highest BCUT2D eigenvalue weighted by Gasteiger charge is 2.31. The molecule has 98 valence electrons. The molecule has 4 heteroatoms. The third-order valence-electron chi connectivity index (χ3n) is 3.59. The molecule has 0 saturated carbocycles. The maximum atomic E-state index is 12.5. The molecule has 1 fully saturated rings. The fraction of sp³-hybridized carbons (Fsp3) is 0.571. The second-order valence-electron chi connectivity index (χ2n) is 5.13. The molecule has 1 aliphatic rings. The van der Waals surface area contributed by atoms with Crippen LogP contribution in [-0.4, -0.2) is 35.4 Å². The van der Waals surface area contributed by atoms with Crippen LogP contribution in [-0.2, 0) is 0 Å². The first kappa shape index (κ1) is 12.9. The second kappa shape index (κ2) is 5.38. The molecule has 2 heterocycles. The third kappa shape index (κ3) is 2.47. The monoisotopic (exact) mass is 247 g/mol. The van der Waals surface area contributed by atoms with Crippen LogP contribution in [0, 0.1) is 5.92 Å². The summed E-state index contributed by atoms with van der Waals surface area (Å²) in [5.41, 5.74) is 0.724. The molecular weight excluding hydrogens is 226 g/mol. The van der Waals surface area contributed by atoms with Gasteiger partial charge in [-0.25, -0.2) is 4.98 Å². The summed E-state index contributed by atoms with van der Waals surface area (Å²) in [6.45, 7) is 5.24. The van der Waals surface area contributed by atoms with Crippen LogP contribution in [0.15, 0.2) is 18.3 Å². The number of nitrogens with one attached hydrogen (secondary N) is 1. The molecule has 1 N–H and O–H groups in total. The van der Waals surface area contributed by atoms with Gasteiger partial charge in [-0.05, 0) is 30.9 Å². The Hall–Kier alpha value is -1.58. The highest BCUT2D eigenvalue weighted by Crippen LogP contribution is 2.25. The Morgan fingerprint density at radius 1 is 1.56 bits per heavy atom. The molecule has 0 radical (unpaired) electrons. The van der Waals surface area contributed by atoms with Gasteiger partial charge in [0.05, 0.1) is 0 Å². The average Bonchev–Trinajstić information content (AvgIpc) is 2.87. The summed E-state index contributed by atoms with van der Waals surface area (Å²) in [5, 5.41) is 2.96. The summed E-state index contributed by atoms with van der Waals surface area (Å²) >= 11 is 0. The van der Waals surface area contributed by atoms with Crippen LogP contribution in [0.3, 0.4) is 0 Å². The Bertz CT molecular complexity index is 431. The Kier molecular flexibility index (Phi) is 3.84. The molecule has 1 unspecified atom stereocenters. The summed E-state index contributed by atoms with van der Waals surface area (Å²) < 4.78 is 0. The Morgan fingerprint density at radius 3 is 3.00 bits per heavy atom. The van der Waals surface area contributed by atoms with E-state index >= 15 is 0 Å². The van der Waals surface area contributed by atoms with Gasteiger partial charge < -0.3 is 10.2 Å². The first-order chi connectivity index (χ1) is 8.63. The highest BCUT2D eigenvalue weighted by atomic mass is 16.2. The Morgan fingerprint density at radius 2 is 2.33 bits per heavy atom. The predicted molar refractivity (Wildman–Crippen MR) is 72.7 cm³/mol. The molecule has 1 saturated heterocycles. The Labute approximate surface area is 108 Å². The van der Waals surface area contributed by atoms with Crippen molar-refractivity contribution in [1.29, 1.82) is 0 Å². The molecule has 1 amide bonds. The average molecular weight is 247 g/mol. The first-order valence-corrected chi connectivity index (χ1v) is 6.58. The molecule has 4 nitrogen and oxygen atoms in total. The van der Waals surface area contributed by atoms with Crippen molar-refractivity contribution in [3.05, 3.63) is 23.9 Å². The fourth-order valence-corrected chi connectivity index (χ4v) is 2.60. The lowest BCUT2D eigenvalue weighted by molar-refractivity contribution is 0.0701. The second-order valence-corrected chi connectivity index (χ2v) is 5.13. The molecule has 2 rings (SSSR count). The number of hydrogen-bond acceptors (Lipinski definition) is 3. The van der Waals surface area contributed by atoms with E-state index in [1.807, 2.05) is 18.0 Å². The van der Waals surface area contributed by atoms with Crippen LogP contribution in [0.5, 0.6) is 0 Å². The molecule has 0 bridgehead atoms. The van der Waals surface area contributed by atoms with Crippen molar-refractivity contribution < 1.29 is 4.79 Å². The lowest BCUT2D eigenvalue weighted by Crippen LogP contribution is -2.38. The van der Waals surface area contributed by atoms with Crippen molar-refractivity contribution in [1.82, 2.24) is 9.88 Å². The topological polar surface area (TPSA) is 45.2 Å². The van der Waals surface area contributed by atoms with Gasteiger partial charge >= 0.3 is 0 Å². The van der Waals surface area contributed by atoms with E-state index in [9.17, 15) is 4.79 Å². The number of carbonyl (C=O) groups excluding carboxylic acids is 1. The number of aromatic nitrogens is 1. The van der Waals surface area contributed by atoms with Crippen molar-refractivity contribution >= 4 is 11.7 Å². The number of pyridine rings is 1. The molecule has 0 spiro atoms. The van der Waals surface area contributed by atoms with E-state index in [1.54, 1.807) is 12.3 Å². The van der Waals surface area contributed by atoms with E-state index in [0.717, 1.165) is 30.8 Å². The summed E-state index contributed by atoms with van der Waals surface area (Å²) in [7, 11) is 1.81. The number of amides is 1. The van der Waals surface area contributed by atoms with Crippen molar-refractivity contribution in [3.63, 3.8) is 0 Å². The van der Waals surface area contributed by atoms with Gasteiger partial charge in [-0.3, -0.25) is 4.79 Å². The van der Waals surface area contributed by atoms with Crippen LogP contribution < -0.4 is 5.32 Å². The number of likely N-dealkylation sites (tertiary alicyclic amines) is 1. The third-order valence-corrected chi connectivity index (χ3v) is 3.59. The fourth-order valence-electron chi connectivity index (χ4n) is 2.60. The van der Waals surface area contributed by atoms with Crippen molar-refractivity contribution in [3.8, 4) is 0 Å². The summed E-state index contributed by atoms with van der Waals surface area (Å²) in [6.07, 6.45) is 3.91. The van der Waals surface area contributed by atoms with Crippen LogP contribution >= 0.6 is 0 Å². The maximum Gasteiger partial charge on any atom is 0.254 e. The van der Waals surface area contributed by atoms with E-state index in [4.69, 9.17) is 0 Å². The molecule has 1 atom stereocenters. The van der Waals surface area contributed by atoms with Crippen LogP contribution in [0.2, 0.25) is 0 Å². The van der Waals surface area contributed by atoms with Gasteiger partial charge in [0.25, 0.3) is 5.91 Å². The van der Waals surface area contributed by atoms with E-state index < -0.39 is 0 Å². The zero-order valence-corrected chi connectivity index (χ0v) is 11.3. The minimum absolute atomic E-state index is 0.130. The van der Waals surface area contributed by atoms with E-state index in [2.05, 4.69) is 24.1 Å². The smallest absolute Gasteiger partial charge is 0.254 e. The van der Waals surface area contributed by atoms with Crippen molar-refractivity contribution in [2.24, 2.45) is 5.92 Å². The maximum absolute atomic E-state index is 12.5. The van der Waals surface area contributed by atoms with Gasteiger partial charge in [-0.15, -0.1) is 0 Å². The minimum Gasteiger partial charge on any atom is -0.373 e. The van der Waals surface area contributed by atoms with E-state index in [1.165, 1.54) is 0 Å². The molecule has 1 aromatic heterocycles. The Balaban J connectivity index is 2.19. The van der Waals surface area contributed by atoms with Gasteiger partial charge in [0.2, 0.25) is 0 Å². The van der Waals surface area contributed by atoms with E-state index in [-0.39, 0.29) is 5.91 Å². The quantitative estimate of drug-likeness (QED) is 0.892. The number of anilines is 1. The van der Waals surface area contributed by atoms with Gasteiger partial charge in [0.15, 0.2) is 0 Å². The van der Waals surface area contributed by atoms with E-state index in [0.29, 0.717) is 12.0 Å². The van der Waals surface area contributed by atoms with Gasteiger partial charge in [0.1, 0.15) is 5.82 Å². The molecule has 1 aliphatic heterocycles. The standard InChI is InChI=1S/C14H21N3O/c1-10(2)12-5-4-8-17(12)14(18)11-6-7-16-13(9-11)15-3/h6-7,9-10,12H,4-5,8H2,1-3H3,(H,15,16). The normalized spacial score (nSPS) is 19.3. The molecule has 0 aliphatic carbocycles. The van der Waals surface area contributed by atoms with Crippen LogP contribution in [0.1, 0.15) is 37.0 Å². The number of nitrogens with zero attached hydrogens (tertiary/aromatic N) is 2. The molecule has 18 heavy (non-hydrogen) atoms. The van der Waals surface area contributed by atoms with Gasteiger partial charge in [0, 0.05) is 31.4 Å². The summed E-state index contributed by atoms with van der Waals surface area (Å²) in [4.78, 5) is 18.7. The summed E-state index contributed by atoms with van der Waals surface area (Å²) in [5.74, 6) is 1.38. The van der Waals surface area contributed by atoms with Crippen LogP contribution in [0.25, 0.3) is 0 Å². The molecular formula is C14H21N3O. The zero-order valence-electron chi connectivity index (χ0n) is 11.3. The van der Waals surface area contributed by atoms with Gasteiger partial charge in [-0.1, -0.05) is 13.8 Å². The van der Waals surface area contributed by atoms with Gasteiger partial charge in [-0.2, -0.15) is 0 Å². The van der Waals surface area contributed by atoms with Crippen molar-refractivity contribution in [2.75, 3.05) is 18.9 Å². The lowest BCUT2D eigenvalue weighted by atomic mass is 10.0. The highest BCUT2D eigenvalue weighted by molar-refractivity contribution is 5.95. The molecule has 1 aromatic rings.